The SMILES string of the molecule is O=C(c1nc2ccccn2c1CNCCc1cccc2ccccc12)N1CCOCC1. The van der Waals surface area contributed by atoms with E-state index in [1.807, 2.05) is 33.7 Å². The zero-order chi connectivity index (χ0) is 21.0. The number of nitrogens with zero attached hydrogens (tertiary/aromatic N) is 3. The van der Waals surface area contributed by atoms with Crippen LogP contribution in [0.4, 0.5) is 0 Å². The third kappa shape index (κ3) is 4.04. The average Bonchev–Trinajstić information content (AvgIpc) is 3.20. The molecule has 1 saturated heterocycles. The van der Waals surface area contributed by atoms with E-state index in [-0.39, 0.29) is 5.91 Å². The Morgan fingerprint density at radius 2 is 1.81 bits per heavy atom. The number of imidazole rings is 1. The van der Waals surface area contributed by atoms with Crippen molar-refractivity contribution >= 4 is 22.3 Å². The summed E-state index contributed by atoms with van der Waals surface area (Å²) >= 11 is 0. The van der Waals surface area contributed by atoms with Crippen LogP contribution in [0, 0.1) is 0 Å². The van der Waals surface area contributed by atoms with Gasteiger partial charge in [-0.05, 0) is 41.4 Å². The Balaban J connectivity index is 1.33. The molecule has 6 nitrogen and oxygen atoms in total. The molecule has 1 fully saturated rings. The van der Waals surface area contributed by atoms with E-state index >= 15 is 0 Å². The maximum Gasteiger partial charge on any atom is 0.274 e. The fraction of sp³-hybridized carbons (Fsp3) is 0.280. The van der Waals surface area contributed by atoms with Gasteiger partial charge in [0.25, 0.3) is 5.91 Å². The summed E-state index contributed by atoms with van der Waals surface area (Å²) in [6.45, 7) is 3.79. The molecular weight excluding hydrogens is 388 g/mol. The first-order chi connectivity index (χ1) is 15.3. The van der Waals surface area contributed by atoms with Crippen LogP contribution in [-0.2, 0) is 17.7 Å². The lowest BCUT2D eigenvalue weighted by molar-refractivity contribution is 0.0298. The van der Waals surface area contributed by atoms with Crippen LogP contribution in [0.2, 0.25) is 0 Å². The molecule has 0 spiro atoms. The second kappa shape index (κ2) is 8.88. The molecule has 31 heavy (non-hydrogen) atoms. The second-order valence-corrected chi connectivity index (χ2v) is 7.81. The maximum atomic E-state index is 13.2. The quantitative estimate of drug-likeness (QED) is 0.492. The van der Waals surface area contributed by atoms with Crippen molar-refractivity contribution in [2.45, 2.75) is 13.0 Å². The molecule has 4 aromatic rings. The predicted octanol–water partition coefficient (Wildman–Crippen LogP) is 3.29. The first kappa shape index (κ1) is 19.7. The highest BCUT2D eigenvalue weighted by molar-refractivity contribution is 5.94. The fourth-order valence-corrected chi connectivity index (χ4v) is 4.24. The van der Waals surface area contributed by atoms with E-state index < -0.39 is 0 Å². The highest BCUT2D eigenvalue weighted by atomic mass is 16.5. The van der Waals surface area contributed by atoms with E-state index in [0.29, 0.717) is 38.5 Å². The van der Waals surface area contributed by atoms with Gasteiger partial charge in [0.1, 0.15) is 5.65 Å². The lowest BCUT2D eigenvalue weighted by Crippen LogP contribution is -2.41. The van der Waals surface area contributed by atoms with Gasteiger partial charge in [-0.25, -0.2) is 4.98 Å². The van der Waals surface area contributed by atoms with Crippen molar-refractivity contribution in [1.82, 2.24) is 19.6 Å². The molecule has 3 heterocycles. The highest BCUT2D eigenvalue weighted by Crippen LogP contribution is 2.19. The minimum atomic E-state index is -0.0159. The number of morpholine rings is 1. The largest absolute Gasteiger partial charge is 0.378 e. The van der Waals surface area contributed by atoms with Gasteiger partial charge in [0, 0.05) is 25.8 Å². The lowest BCUT2D eigenvalue weighted by Gasteiger charge is -2.26. The Labute approximate surface area is 181 Å². The van der Waals surface area contributed by atoms with E-state index in [1.165, 1.54) is 16.3 Å². The summed E-state index contributed by atoms with van der Waals surface area (Å²) in [4.78, 5) is 19.7. The number of nitrogens with one attached hydrogen (secondary N) is 1. The molecule has 5 rings (SSSR count). The number of benzene rings is 2. The Hall–Kier alpha value is -3.22. The molecule has 0 aliphatic carbocycles. The first-order valence-corrected chi connectivity index (χ1v) is 10.8. The number of carbonyl (C=O) groups excluding carboxylic acids is 1. The molecule has 0 saturated carbocycles. The number of fused-ring (bicyclic) bond motifs is 2. The van der Waals surface area contributed by atoms with Crippen molar-refractivity contribution in [2.75, 3.05) is 32.8 Å². The van der Waals surface area contributed by atoms with E-state index in [2.05, 4.69) is 52.8 Å². The van der Waals surface area contributed by atoms with E-state index in [9.17, 15) is 4.79 Å². The Bertz CT molecular complexity index is 1210. The van der Waals surface area contributed by atoms with Crippen LogP contribution >= 0.6 is 0 Å². The Kier molecular flexibility index (Phi) is 5.65. The van der Waals surface area contributed by atoms with Crippen LogP contribution in [0.5, 0.6) is 0 Å². The third-order valence-electron chi connectivity index (χ3n) is 5.87. The first-order valence-electron chi connectivity index (χ1n) is 10.8. The zero-order valence-corrected chi connectivity index (χ0v) is 17.5. The minimum Gasteiger partial charge on any atom is -0.378 e. The zero-order valence-electron chi connectivity index (χ0n) is 17.5. The van der Waals surface area contributed by atoms with Gasteiger partial charge in [-0.3, -0.25) is 4.79 Å². The number of aromatic nitrogens is 2. The lowest BCUT2D eigenvalue weighted by atomic mass is 10.0. The van der Waals surface area contributed by atoms with Crippen molar-refractivity contribution < 1.29 is 9.53 Å². The summed E-state index contributed by atoms with van der Waals surface area (Å²) in [6, 6.07) is 20.8. The van der Waals surface area contributed by atoms with Crippen molar-refractivity contribution in [1.29, 1.82) is 0 Å². The third-order valence-corrected chi connectivity index (χ3v) is 5.87. The van der Waals surface area contributed by atoms with Crippen molar-refractivity contribution in [2.24, 2.45) is 0 Å². The minimum absolute atomic E-state index is 0.0159. The summed E-state index contributed by atoms with van der Waals surface area (Å²) in [7, 11) is 0. The monoisotopic (exact) mass is 414 g/mol. The molecule has 158 valence electrons. The molecule has 0 unspecified atom stereocenters. The van der Waals surface area contributed by atoms with Gasteiger partial charge >= 0.3 is 0 Å². The molecule has 2 aromatic carbocycles. The fourth-order valence-electron chi connectivity index (χ4n) is 4.24. The number of carbonyl (C=O) groups is 1. The van der Waals surface area contributed by atoms with Gasteiger partial charge in [0.15, 0.2) is 5.69 Å². The number of hydrogen-bond donors (Lipinski definition) is 1. The normalized spacial score (nSPS) is 14.4. The smallest absolute Gasteiger partial charge is 0.274 e. The molecule has 6 heteroatoms. The number of hydrogen-bond acceptors (Lipinski definition) is 4. The van der Waals surface area contributed by atoms with Gasteiger partial charge < -0.3 is 19.4 Å². The molecule has 1 N–H and O–H groups in total. The van der Waals surface area contributed by atoms with Gasteiger partial charge in [-0.1, -0.05) is 48.5 Å². The van der Waals surface area contributed by atoms with Crippen LogP contribution in [0.3, 0.4) is 0 Å². The standard InChI is InChI=1S/C25H26N4O2/c30-25(28-14-16-31-17-15-28)24-22(29-13-4-3-10-23(29)27-24)18-26-12-11-20-8-5-7-19-6-1-2-9-21(19)20/h1-10,13,26H,11-12,14-18H2. The van der Waals surface area contributed by atoms with Crippen LogP contribution < -0.4 is 5.32 Å². The van der Waals surface area contributed by atoms with E-state index in [1.54, 1.807) is 0 Å². The predicted molar refractivity (Wildman–Crippen MR) is 121 cm³/mol. The van der Waals surface area contributed by atoms with Gasteiger partial charge in [0.05, 0.1) is 18.9 Å². The van der Waals surface area contributed by atoms with Crippen molar-refractivity contribution in [3.8, 4) is 0 Å². The molecular formula is C25H26N4O2. The molecule has 1 aliphatic rings. The van der Waals surface area contributed by atoms with Crippen LogP contribution in [-0.4, -0.2) is 53.0 Å². The van der Waals surface area contributed by atoms with Crippen LogP contribution in [0.1, 0.15) is 21.7 Å². The number of rotatable bonds is 6. The molecule has 2 aromatic heterocycles. The summed E-state index contributed by atoms with van der Waals surface area (Å²) in [5, 5.41) is 6.10. The average molecular weight is 415 g/mol. The summed E-state index contributed by atoms with van der Waals surface area (Å²) in [6.07, 6.45) is 2.89. The molecule has 1 amide bonds. The Morgan fingerprint density at radius 3 is 2.71 bits per heavy atom. The second-order valence-electron chi connectivity index (χ2n) is 7.81. The summed E-state index contributed by atoms with van der Waals surface area (Å²) in [5.74, 6) is -0.0159. The van der Waals surface area contributed by atoms with Gasteiger partial charge in [-0.15, -0.1) is 0 Å². The molecule has 0 bridgehead atoms. The van der Waals surface area contributed by atoms with Crippen LogP contribution in [0.25, 0.3) is 16.4 Å². The number of pyridine rings is 1. The molecule has 0 atom stereocenters. The number of amides is 1. The summed E-state index contributed by atoms with van der Waals surface area (Å²) in [5.41, 5.74) is 3.56. The Morgan fingerprint density at radius 1 is 1.00 bits per heavy atom. The van der Waals surface area contributed by atoms with Gasteiger partial charge in [0.2, 0.25) is 0 Å². The van der Waals surface area contributed by atoms with Crippen molar-refractivity contribution in [3.05, 3.63) is 83.8 Å². The molecule has 1 aliphatic heterocycles. The topological polar surface area (TPSA) is 58.9 Å². The number of ether oxygens (including phenoxy) is 1. The molecule has 0 radical (unpaired) electrons. The van der Waals surface area contributed by atoms with Gasteiger partial charge in [-0.2, -0.15) is 0 Å². The van der Waals surface area contributed by atoms with Crippen LogP contribution in [0.15, 0.2) is 66.9 Å². The van der Waals surface area contributed by atoms with E-state index in [4.69, 9.17) is 4.74 Å². The maximum absolute atomic E-state index is 13.2. The van der Waals surface area contributed by atoms with Crippen molar-refractivity contribution in [3.63, 3.8) is 0 Å². The summed E-state index contributed by atoms with van der Waals surface area (Å²) < 4.78 is 7.41. The highest BCUT2D eigenvalue weighted by Gasteiger charge is 2.25. The van der Waals surface area contributed by atoms with E-state index in [0.717, 1.165) is 24.3 Å².